The van der Waals surface area contributed by atoms with Gasteiger partial charge in [-0.15, -0.1) is 0 Å². The first-order valence-electron chi connectivity index (χ1n) is 10.1. The lowest BCUT2D eigenvalue weighted by Gasteiger charge is -2.30. The molecule has 0 bridgehead atoms. The van der Waals surface area contributed by atoms with Crippen molar-refractivity contribution in [3.05, 3.63) is 65.2 Å². The van der Waals surface area contributed by atoms with E-state index >= 15 is 0 Å². The van der Waals surface area contributed by atoms with Crippen molar-refractivity contribution in [3.8, 4) is 0 Å². The maximum atomic E-state index is 13.7. The summed E-state index contributed by atoms with van der Waals surface area (Å²) in [5.41, 5.74) is 1.16. The van der Waals surface area contributed by atoms with Crippen LogP contribution in [0.3, 0.4) is 0 Å². The van der Waals surface area contributed by atoms with E-state index in [2.05, 4.69) is 0 Å². The van der Waals surface area contributed by atoms with Crippen LogP contribution in [0.5, 0.6) is 0 Å². The molecule has 0 aliphatic carbocycles. The van der Waals surface area contributed by atoms with Crippen molar-refractivity contribution >= 4 is 15.9 Å². The first kappa shape index (κ1) is 20.9. The van der Waals surface area contributed by atoms with Gasteiger partial charge in [0.25, 0.3) is 0 Å². The molecule has 2 aliphatic heterocycles. The van der Waals surface area contributed by atoms with Crippen molar-refractivity contribution < 1.29 is 22.0 Å². The predicted octanol–water partition coefficient (Wildman–Crippen LogP) is 3.48. The van der Waals surface area contributed by atoms with E-state index in [0.717, 1.165) is 12.5 Å². The van der Waals surface area contributed by atoms with Crippen LogP contribution in [0, 0.1) is 24.5 Å². The van der Waals surface area contributed by atoms with E-state index in [0.29, 0.717) is 24.0 Å². The summed E-state index contributed by atoms with van der Waals surface area (Å²) < 4.78 is 55.2. The highest BCUT2D eigenvalue weighted by Crippen LogP contribution is 2.35. The largest absolute Gasteiger partial charge is 0.334 e. The van der Waals surface area contributed by atoms with E-state index in [1.165, 1.54) is 28.6 Å². The number of likely N-dealkylation sites (tertiary alicyclic amines) is 1. The Morgan fingerprint density at radius 3 is 2.60 bits per heavy atom. The number of rotatable bonds is 4. The van der Waals surface area contributed by atoms with Gasteiger partial charge >= 0.3 is 0 Å². The van der Waals surface area contributed by atoms with Crippen molar-refractivity contribution in [1.29, 1.82) is 0 Å². The minimum absolute atomic E-state index is 0.00588. The lowest BCUT2D eigenvalue weighted by atomic mass is 9.98. The fourth-order valence-electron chi connectivity index (χ4n) is 4.52. The summed E-state index contributed by atoms with van der Waals surface area (Å²) in [6, 6.07) is 9.56. The zero-order valence-electron chi connectivity index (χ0n) is 16.7. The van der Waals surface area contributed by atoms with Crippen LogP contribution in [0.25, 0.3) is 0 Å². The second-order valence-electron chi connectivity index (χ2n) is 8.10. The molecule has 4 rings (SSSR count). The number of nitrogens with zero attached hydrogens (tertiary/aromatic N) is 2. The average molecular weight is 435 g/mol. The minimum atomic E-state index is -3.89. The molecule has 2 aromatic carbocycles. The molecule has 2 atom stereocenters. The predicted molar refractivity (Wildman–Crippen MR) is 108 cm³/mol. The molecule has 0 N–H and O–H groups in total. The summed E-state index contributed by atoms with van der Waals surface area (Å²) in [6.07, 6.45) is 1.83. The normalized spacial score (nSPS) is 22.8. The Bertz CT molecular complexity index is 1070. The molecule has 2 saturated heterocycles. The molecular formula is C22H24F2N2O3S. The van der Waals surface area contributed by atoms with Crippen molar-refractivity contribution in [3.63, 3.8) is 0 Å². The van der Waals surface area contributed by atoms with E-state index in [9.17, 15) is 22.0 Å². The van der Waals surface area contributed by atoms with Crippen LogP contribution in [0.2, 0.25) is 0 Å². The van der Waals surface area contributed by atoms with E-state index in [-0.39, 0.29) is 48.2 Å². The Morgan fingerprint density at radius 1 is 1.07 bits per heavy atom. The molecule has 160 valence electrons. The van der Waals surface area contributed by atoms with Gasteiger partial charge in [-0.25, -0.2) is 17.2 Å². The number of sulfonamides is 1. The molecular weight excluding hydrogens is 410 g/mol. The number of hydrogen-bond donors (Lipinski definition) is 0. The number of aryl methyl sites for hydroxylation is 1. The third kappa shape index (κ3) is 3.98. The van der Waals surface area contributed by atoms with Crippen molar-refractivity contribution in [2.75, 3.05) is 13.1 Å². The molecule has 2 heterocycles. The summed E-state index contributed by atoms with van der Waals surface area (Å²) in [7, 11) is -3.89. The van der Waals surface area contributed by atoms with Gasteiger partial charge in [-0.2, -0.15) is 4.31 Å². The van der Waals surface area contributed by atoms with E-state index in [1.54, 1.807) is 24.0 Å². The summed E-state index contributed by atoms with van der Waals surface area (Å²) in [4.78, 5) is 14.4. The van der Waals surface area contributed by atoms with Crippen molar-refractivity contribution in [2.24, 2.45) is 5.92 Å². The average Bonchev–Trinajstić information content (AvgIpc) is 3.07. The standard InChI is InChI=1S/C22H24F2N2O3S/c1-15-8-9-19(24)11-21(15)30(28,29)25-13-17-5-3-7-22(27)26(20(17)14-25)12-16-4-2-6-18(23)10-16/h2,4,6,8-11,17,20H,3,5,7,12-14H2,1H3/t17-,20+/m1/s1. The molecule has 5 nitrogen and oxygen atoms in total. The summed E-state index contributed by atoms with van der Waals surface area (Å²) >= 11 is 0. The van der Waals surface area contributed by atoms with Gasteiger partial charge in [-0.05, 0) is 61.1 Å². The van der Waals surface area contributed by atoms with Crippen LogP contribution in [-0.2, 0) is 21.4 Å². The molecule has 0 radical (unpaired) electrons. The van der Waals surface area contributed by atoms with E-state index in [4.69, 9.17) is 0 Å². The highest BCUT2D eigenvalue weighted by atomic mass is 32.2. The smallest absolute Gasteiger partial charge is 0.243 e. The lowest BCUT2D eigenvalue weighted by Crippen LogP contribution is -2.43. The Morgan fingerprint density at radius 2 is 1.83 bits per heavy atom. The summed E-state index contributed by atoms with van der Waals surface area (Å²) in [6.45, 7) is 2.32. The van der Waals surface area contributed by atoms with Gasteiger partial charge < -0.3 is 4.90 Å². The second kappa shape index (κ2) is 8.07. The molecule has 2 fully saturated rings. The molecule has 2 aliphatic rings. The highest BCUT2D eigenvalue weighted by molar-refractivity contribution is 7.89. The summed E-state index contributed by atoms with van der Waals surface area (Å²) in [5.74, 6) is -1.03. The number of carbonyl (C=O) groups excluding carboxylic acids is 1. The number of halogens is 2. The third-order valence-electron chi connectivity index (χ3n) is 6.07. The molecule has 0 aromatic heterocycles. The number of hydrogen-bond acceptors (Lipinski definition) is 3. The second-order valence-corrected chi connectivity index (χ2v) is 10.0. The molecule has 2 aromatic rings. The fraction of sp³-hybridized carbons (Fsp3) is 0.409. The van der Waals surface area contributed by atoms with E-state index in [1.807, 2.05) is 0 Å². The maximum absolute atomic E-state index is 13.7. The van der Waals surface area contributed by atoms with Crippen LogP contribution in [0.4, 0.5) is 8.78 Å². The number of benzene rings is 2. The van der Waals surface area contributed by atoms with Gasteiger partial charge in [0, 0.05) is 32.1 Å². The molecule has 8 heteroatoms. The van der Waals surface area contributed by atoms with Crippen molar-refractivity contribution in [1.82, 2.24) is 9.21 Å². The first-order chi connectivity index (χ1) is 14.3. The van der Waals surface area contributed by atoms with Crippen molar-refractivity contribution in [2.45, 2.75) is 43.7 Å². The SMILES string of the molecule is Cc1ccc(F)cc1S(=O)(=O)N1C[C@H]2CCCC(=O)N(Cc3cccc(F)c3)[C@H]2C1. The van der Waals surface area contributed by atoms with E-state index < -0.39 is 15.8 Å². The minimum Gasteiger partial charge on any atom is -0.334 e. The highest BCUT2D eigenvalue weighted by Gasteiger charge is 2.44. The quantitative estimate of drug-likeness (QED) is 0.741. The molecule has 0 spiro atoms. The van der Waals surface area contributed by atoms with Gasteiger partial charge in [0.2, 0.25) is 15.9 Å². The first-order valence-corrected chi connectivity index (χ1v) is 11.5. The number of carbonyl (C=O) groups is 1. The summed E-state index contributed by atoms with van der Waals surface area (Å²) in [5, 5.41) is 0. The number of fused-ring (bicyclic) bond motifs is 1. The Hall–Kier alpha value is -2.32. The topological polar surface area (TPSA) is 57.7 Å². The van der Waals surface area contributed by atoms with Crippen LogP contribution in [-0.4, -0.2) is 42.7 Å². The van der Waals surface area contributed by atoms with Gasteiger partial charge in [0.15, 0.2) is 0 Å². The van der Waals surface area contributed by atoms with Crippen LogP contribution < -0.4 is 0 Å². The molecule has 0 saturated carbocycles. The maximum Gasteiger partial charge on any atom is 0.243 e. The molecule has 1 amide bonds. The third-order valence-corrected chi connectivity index (χ3v) is 8.04. The molecule has 30 heavy (non-hydrogen) atoms. The van der Waals surface area contributed by atoms with Crippen LogP contribution in [0.15, 0.2) is 47.4 Å². The van der Waals surface area contributed by atoms with Gasteiger partial charge in [0.05, 0.1) is 4.90 Å². The lowest BCUT2D eigenvalue weighted by molar-refractivity contribution is -0.133. The molecule has 0 unspecified atom stereocenters. The number of amides is 1. The zero-order chi connectivity index (χ0) is 21.5. The van der Waals surface area contributed by atoms with Gasteiger partial charge in [0.1, 0.15) is 11.6 Å². The van der Waals surface area contributed by atoms with Gasteiger partial charge in [-0.1, -0.05) is 18.2 Å². The Labute approximate surface area is 175 Å². The monoisotopic (exact) mass is 434 g/mol. The van der Waals surface area contributed by atoms with Crippen LogP contribution >= 0.6 is 0 Å². The Kier molecular flexibility index (Phi) is 5.63. The van der Waals surface area contributed by atoms with Gasteiger partial charge in [-0.3, -0.25) is 4.79 Å². The zero-order valence-corrected chi connectivity index (χ0v) is 17.5. The van der Waals surface area contributed by atoms with Crippen LogP contribution in [0.1, 0.15) is 30.4 Å². The fourth-order valence-corrected chi connectivity index (χ4v) is 6.27. The Balaban J connectivity index is 1.63.